The number of nitrogens with zero attached hydrogens (tertiary/aromatic N) is 3. The molecule has 15 rings (SSSR count). The molecular weight excluding hydrogens is 1220 g/mol. The largest absolute Gasteiger partial charge is 0.507 e. The van der Waals surface area contributed by atoms with Gasteiger partial charge < -0.3 is 15.3 Å². The molecule has 0 aliphatic carbocycles. The van der Waals surface area contributed by atoms with Crippen molar-refractivity contribution in [3.05, 3.63) is 291 Å². The van der Waals surface area contributed by atoms with Crippen LogP contribution in [0, 0.1) is 0 Å². The molecule has 0 bridgehead atoms. The van der Waals surface area contributed by atoms with Crippen LogP contribution in [0.5, 0.6) is 17.2 Å². The van der Waals surface area contributed by atoms with E-state index in [9.17, 15) is 15.3 Å². The minimum absolute atomic E-state index is 0. The first-order valence-corrected chi connectivity index (χ1v) is 29.8. The third-order valence-electron chi connectivity index (χ3n) is 14.5. The quantitative estimate of drug-likeness (QED) is 0.125. The number of hydrogen-bond donors (Lipinski definition) is 3. The number of aromatic hydroxyl groups is 3. The second kappa shape index (κ2) is 26.9. The number of phenolic OH excluding ortho intramolecular Hbond substituents is 3. The molecule has 0 atom stereocenters. The summed E-state index contributed by atoms with van der Waals surface area (Å²) in [4.78, 5) is 14.3. The number of aromatic nitrogens is 3. The number of hydrogen-bond acceptors (Lipinski definition) is 9. The number of benzene rings is 12. The van der Waals surface area contributed by atoms with Gasteiger partial charge in [-0.15, -0.1) is 34.0 Å². The van der Waals surface area contributed by atoms with Crippen molar-refractivity contribution in [2.24, 2.45) is 0 Å². The zero-order valence-corrected chi connectivity index (χ0v) is 54.9. The van der Waals surface area contributed by atoms with E-state index in [1.165, 1.54) is 0 Å². The molecule has 406 valence electrons. The predicted octanol–water partition coefficient (Wildman–Crippen LogP) is 21.0. The Morgan fingerprint density at radius 1 is 0.209 bits per heavy atom. The topological polar surface area (TPSA) is 99.4 Å². The molecule has 6 nitrogen and oxygen atoms in total. The summed E-state index contributed by atoms with van der Waals surface area (Å²) in [6.07, 6.45) is 0. The van der Waals surface area contributed by atoms with E-state index in [4.69, 9.17) is 15.0 Å². The first-order valence-electron chi connectivity index (χ1n) is 27.4. The fourth-order valence-electron chi connectivity index (χ4n) is 10.3. The zero-order valence-electron chi connectivity index (χ0n) is 46.5. The Morgan fingerprint density at radius 2 is 0.407 bits per heavy atom. The van der Waals surface area contributed by atoms with Crippen LogP contribution in [-0.4, -0.2) is 30.3 Å². The van der Waals surface area contributed by atoms with Crippen LogP contribution in [0.2, 0.25) is 0 Å². The Morgan fingerprint density at radius 3 is 0.640 bits per heavy atom. The summed E-state index contributed by atoms with van der Waals surface area (Å²) in [6, 6.07) is 97.2. The summed E-state index contributed by atoms with van der Waals surface area (Å²) < 4.78 is 3.34. The fourth-order valence-corrected chi connectivity index (χ4v) is 13.2. The van der Waals surface area contributed by atoms with E-state index in [0.717, 1.165) is 129 Å². The zero-order chi connectivity index (χ0) is 56.8. The average Bonchev–Trinajstić information content (AvgIpc) is 2.34. The van der Waals surface area contributed by atoms with Gasteiger partial charge in [-0.2, -0.15) is 0 Å². The van der Waals surface area contributed by atoms with E-state index >= 15 is 0 Å². The molecule has 0 saturated heterocycles. The molecule has 0 unspecified atom stereocenters. The van der Waals surface area contributed by atoms with E-state index in [2.05, 4.69) is 72.8 Å². The van der Waals surface area contributed by atoms with Crippen LogP contribution >= 0.6 is 34.0 Å². The molecule has 0 saturated carbocycles. The SMILES string of the molecule is Oc1c(-c2ccccc2)cc(-c2ccccc2)cc1-c1nc2ccccc2s1.Oc1c(-c2ccccc2)cc(-c2ccccc2)cc1-c1nc2ccccc2s1.Oc1c(-c2ccccc2)cc(-c2ccccc2)cc1-c1nc2ccccc2s1.[Zn].[Zn]. The Bertz CT molecular complexity index is 4180. The van der Waals surface area contributed by atoms with Crippen LogP contribution in [0.25, 0.3) is 129 Å². The normalized spacial score (nSPS) is 10.7. The van der Waals surface area contributed by atoms with Crippen molar-refractivity contribution in [3.8, 4) is 116 Å². The molecule has 0 aliphatic rings. The number of thiazole rings is 3. The van der Waals surface area contributed by atoms with Gasteiger partial charge in [-0.05, 0) is 123 Å². The minimum Gasteiger partial charge on any atom is -0.507 e. The Hall–Kier alpha value is -9.04. The standard InChI is InChI=1S/3C25H17NOS.2Zn/c3*27-24-20(18-11-5-2-6-12-18)15-19(17-9-3-1-4-10-17)16-21(24)25-26-22-13-7-8-14-23(22)28-25;;/h3*1-16,27H;;. The van der Waals surface area contributed by atoms with E-state index in [0.29, 0.717) is 0 Å². The number of rotatable bonds is 9. The van der Waals surface area contributed by atoms with Crippen molar-refractivity contribution in [2.75, 3.05) is 0 Å². The van der Waals surface area contributed by atoms with Gasteiger partial charge in [0.2, 0.25) is 0 Å². The van der Waals surface area contributed by atoms with Gasteiger partial charge in [0.15, 0.2) is 0 Å². The van der Waals surface area contributed by atoms with Gasteiger partial charge in [0.05, 0.1) is 47.3 Å². The van der Waals surface area contributed by atoms with Crippen molar-refractivity contribution in [1.29, 1.82) is 0 Å². The Labute approximate surface area is 536 Å². The Balaban J connectivity index is 0.000000132. The molecule has 11 heteroatoms. The van der Waals surface area contributed by atoms with Crippen LogP contribution in [0.1, 0.15) is 0 Å². The molecule has 0 radical (unpaired) electrons. The summed E-state index contributed by atoms with van der Waals surface area (Å²) in [5, 5.41) is 36.0. The number of phenols is 3. The first-order chi connectivity index (χ1) is 41.4. The summed E-state index contributed by atoms with van der Waals surface area (Å²) in [6.45, 7) is 0. The fraction of sp³-hybridized carbons (Fsp3) is 0. The van der Waals surface area contributed by atoms with Crippen LogP contribution < -0.4 is 0 Å². The molecule has 0 fully saturated rings. The van der Waals surface area contributed by atoms with Crippen molar-refractivity contribution in [2.45, 2.75) is 0 Å². The van der Waals surface area contributed by atoms with Crippen LogP contribution in [0.15, 0.2) is 291 Å². The number of para-hydroxylation sites is 3. The first kappa shape index (κ1) is 58.7. The molecule has 3 aromatic heterocycles. The average molecular weight is 1270 g/mol. The smallest absolute Gasteiger partial charge is 0.133 e. The van der Waals surface area contributed by atoms with Crippen molar-refractivity contribution < 1.29 is 54.3 Å². The van der Waals surface area contributed by atoms with Gasteiger partial charge in [0.1, 0.15) is 32.3 Å². The molecule has 12 aromatic carbocycles. The third-order valence-corrected chi connectivity index (χ3v) is 17.7. The van der Waals surface area contributed by atoms with Gasteiger partial charge in [0.25, 0.3) is 0 Å². The van der Waals surface area contributed by atoms with E-state index in [1.54, 1.807) is 34.0 Å². The maximum Gasteiger partial charge on any atom is 0.133 e. The molecule has 15 aromatic rings. The molecule has 0 spiro atoms. The summed E-state index contributed by atoms with van der Waals surface area (Å²) in [5.74, 6) is 0.805. The maximum atomic E-state index is 11.2. The minimum atomic E-state index is 0. The Kier molecular flexibility index (Phi) is 18.4. The molecule has 3 heterocycles. The van der Waals surface area contributed by atoms with Crippen LogP contribution in [0.4, 0.5) is 0 Å². The van der Waals surface area contributed by atoms with E-state index < -0.39 is 0 Å². The van der Waals surface area contributed by atoms with Gasteiger partial charge in [-0.3, -0.25) is 0 Å². The second-order valence-electron chi connectivity index (χ2n) is 19.9. The summed E-state index contributed by atoms with van der Waals surface area (Å²) in [5.41, 5.74) is 17.1. The molecular formula is C75H51N3O3S3Zn2. The van der Waals surface area contributed by atoms with Gasteiger partial charge >= 0.3 is 0 Å². The second-order valence-corrected chi connectivity index (χ2v) is 23.0. The predicted molar refractivity (Wildman–Crippen MR) is 353 cm³/mol. The summed E-state index contributed by atoms with van der Waals surface area (Å²) >= 11 is 4.80. The third kappa shape index (κ3) is 12.7. The van der Waals surface area contributed by atoms with Gasteiger partial charge in [-0.25, -0.2) is 15.0 Å². The molecule has 0 amide bonds. The van der Waals surface area contributed by atoms with Crippen LogP contribution in [-0.2, 0) is 39.0 Å². The molecule has 0 aliphatic heterocycles. The van der Waals surface area contributed by atoms with E-state index in [1.807, 2.05) is 218 Å². The monoisotopic (exact) mass is 1270 g/mol. The van der Waals surface area contributed by atoms with Gasteiger partial charge in [-0.1, -0.05) is 218 Å². The summed E-state index contributed by atoms with van der Waals surface area (Å²) in [7, 11) is 0. The van der Waals surface area contributed by atoms with Crippen molar-refractivity contribution in [1.82, 2.24) is 15.0 Å². The van der Waals surface area contributed by atoms with Crippen molar-refractivity contribution >= 4 is 64.7 Å². The number of fused-ring (bicyclic) bond motifs is 3. The van der Waals surface area contributed by atoms with Crippen LogP contribution in [0.3, 0.4) is 0 Å². The molecule has 86 heavy (non-hydrogen) atoms. The van der Waals surface area contributed by atoms with Gasteiger partial charge in [0, 0.05) is 55.6 Å². The van der Waals surface area contributed by atoms with Crippen molar-refractivity contribution in [3.63, 3.8) is 0 Å². The maximum absolute atomic E-state index is 11.2. The van der Waals surface area contributed by atoms with E-state index in [-0.39, 0.29) is 56.2 Å². The molecule has 3 N–H and O–H groups in total.